The summed E-state index contributed by atoms with van der Waals surface area (Å²) in [6.45, 7) is 6.32. The summed E-state index contributed by atoms with van der Waals surface area (Å²) in [5, 5.41) is 6.54. The summed E-state index contributed by atoms with van der Waals surface area (Å²) >= 11 is 1.26. The number of hydrogen-bond donors (Lipinski definition) is 2. The highest BCUT2D eigenvalue weighted by molar-refractivity contribution is 8.14. The fourth-order valence-corrected chi connectivity index (χ4v) is 4.13. The van der Waals surface area contributed by atoms with Gasteiger partial charge in [-0.3, -0.25) is 4.79 Å². The molecule has 3 rings (SSSR count). The van der Waals surface area contributed by atoms with E-state index in [9.17, 15) is 9.59 Å². The van der Waals surface area contributed by atoms with Crippen molar-refractivity contribution in [3.05, 3.63) is 65.4 Å². The number of esters is 1. The number of benzene rings is 2. The number of rotatable bonds is 9. The van der Waals surface area contributed by atoms with Gasteiger partial charge in [0.25, 0.3) is 0 Å². The topological polar surface area (TPSA) is 98.2 Å². The zero-order valence-corrected chi connectivity index (χ0v) is 20.5. The number of anilines is 1. The Balaban J connectivity index is 1.76. The van der Waals surface area contributed by atoms with Gasteiger partial charge in [-0.15, -0.1) is 0 Å². The Bertz CT molecular complexity index is 1080. The molecule has 2 aromatic rings. The first-order chi connectivity index (χ1) is 16.4. The number of aliphatic imine (C=N–C) groups is 1. The van der Waals surface area contributed by atoms with Crippen LogP contribution in [0, 0.1) is 0 Å². The first-order valence-electron chi connectivity index (χ1n) is 11.0. The van der Waals surface area contributed by atoms with Gasteiger partial charge in [-0.1, -0.05) is 30.0 Å². The van der Waals surface area contributed by atoms with Gasteiger partial charge < -0.3 is 24.8 Å². The van der Waals surface area contributed by atoms with E-state index in [0.717, 1.165) is 11.3 Å². The van der Waals surface area contributed by atoms with Crippen LogP contribution < -0.4 is 20.1 Å². The standard InChI is InChI=1S/C25H29N3O5S/c1-5-32-19-12-10-17(11-13-19)23-22(24(30)33-6-2)16(3)26-25(28-23)34-15-21(29)27-18-8-7-9-20(14-18)31-4/h7-14,23H,5-6,15H2,1-4H3,(H,26,28)(H,27,29)/t23-/m0/s1. The zero-order chi connectivity index (χ0) is 24.5. The van der Waals surface area contributed by atoms with Crippen molar-refractivity contribution in [2.45, 2.75) is 26.8 Å². The smallest absolute Gasteiger partial charge is 0.338 e. The summed E-state index contributed by atoms with van der Waals surface area (Å²) in [6.07, 6.45) is 0. The summed E-state index contributed by atoms with van der Waals surface area (Å²) in [4.78, 5) is 29.9. The SMILES string of the molecule is CCOC(=O)C1=C(C)NC(SCC(=O)Nc2cccc(OC)c2)=N[C@H]1c1ccc(OCC)cc1. The minimum Gasteiger partial charge on any atom is -0.497 e. The molecule has 9 heteroatoms. The normalized spacial score (nSPS) is 15.2. The van der Waals surface area contributed by atoms with Crippen molar-refractivity contribution in [1.82, 2.24) is 5.32 Å². The summed E-state index contributed by atoms with van der Waals surface area (Å²) in [6, 6.07) is 14.1. The molecule has 180 valence electrons. The Hall–Kier alpha value is -3.46. The Labute approximate surface area is 203 Å². The fourth-order valence-electron chi connectivity index (χ4n) is 3.38. The van der Waals surface area contributed by atoms with E-state index in [-0.39, 0.29) is 18.3 Å². The number of ether oxygens (including phenoxy) is 3. The average Bonchev–Trinajstić information content (AvgIpc) is 2.83. The molecule has 1 aliphatic rings. The maximum atomic E-state index is 12.7. The highest BCUT2D eigenvalue weighted by atomic mass is 32.2. The number of hydrogen-bond acceptors (Lipinski definition) is 8. The van der Waals surface area contributed by atoms with Crippen molar-refractivity contribution >= 4 is 34.5 Å². The number of thioether (sulfide) groups is 1. The molecule has 1 atom stereocenters. The van der Waals surface area contributed by atoms with Crippen LogP contribution in [-0.4, -0.2) is 43.1 Å². The van der Waals surface area contributed by atoms with Crippen LogP contribution in [0.4, 0.5) is 5.69 Å². The van der Waals surface area contributed by atoms with Crippen molar-refractivity contribution in [2.75, 3.05) is 31.4 Å². The summed E-state index contributed by atoms with van der Waals surface area (Å²) in [5.41, 5.74) is 2.56. The van der Waals surface area contributed by atoms with Crippen molar-refractivity contribution in [2.24, 2.45) is 4.99 Å². The molecule has 0 radical (unpaired) electrons. The van der Waals surface area contributed by atoms with Crippen LogP contribution in [0.15, 0.2) is 64.8 Å². The Kier molecular flexibility index (Phi) is 8.98. The van der Waals surface area contributed by atoms with Gasteiger partial charge in [0, 0.05) is 17.5 Å². The molecular weight excluding hydrogens is 454 g/mol. The Morgan fingerprint density at radius 2 is 1.85 bits per heavy atom. The second-order valence-electron chi connectivity index (χ2n) is 7.29. The average molecular weight is 484 g/mol. The van der Waals surface area contributed by atoms with Gasteiger partial charge in [0.1, 0.15) is 17.5 Å². The molecule has 0 aromatic heterocycles. The number of carbonyl (C=O) groups is 2. The van der Waals surface area contributed by atoms with Gasteiger partial charge in [-0.25, -0.2) is 9.79 Å². The van der Waals surface area contributed by atoms with E-state index < -0.39 is 12.0 Å². The Morgan fingerprint density at radius 1 is 1.09 bits per heavy atom. The number of nitrogens with zero attached hydrogens (tertiary/aromatic N) is 1. The molecule has 1 amide bonds. The largest absolute Gasteiger partial charge is 0.497 e. The lowest BCUT2D eigenvalue weighted by Gasteiger charge is -2.25. The molecule has 0 aliphatic carbocycles. The van der Waals surface area contributed by atoms with Crippen LogP contribution in [0.1, 0.15) is 32.4 Å². The van der Waals surface area contributed by atoms with Crippen LogP contribution in [-0.2, 0) is 14.3 Å². The molecule has 0 saturated carbocycles. The van der Waals surface area contributed by atoms with E-state index in [1.807, 2.05) is 37.3 Å². The van der Waals surface area contributed by atoms with Gasteiger partial charge in [0.2, 0.25) is 5.91 Å². The van der Waals surface area contributed by atoms with E-state index in [0.29, 0.717) is 34.5 Å². The highest BCUT2D eigenvalue weighted by Gasteiger charge is 2.30. The highest BCUT2D eigenvalue weighted by Crippen LogP contribution is 2.33. The zero-order valence-electron chi connectivity index (χ0n) is 19.7. The molecular formula is C25H29N3O5S. The summed E-state index contributed by atoms with van der Waals surface area (Å²) in [5.74, 6) is 0.940. The predicted octanol–water partition coefficient (Wildman–Crippen LogP) is 4.30. The molecule has 2 N–H and O–H groups in total. The Morgan fingerprint density at radius 3 is 2.53 bits per heavy atom. The van der Waals surface area contributed by atoms with Gasteiger partial charge in [-0.05, 0) is 50.6 Å². The number of allylic oxidation sites excluding steroid dienone is 1. The minimum absolute atomic E-state index is 0.140. The van der Waals surface area contributed by atoms with Crippen molar-refractivity contribution in [3.63, 3.8) is 0 Å². The fraction of sp³-hybridized carbons (Fsp3) is 0.320. The molecule has 0 bridgehead atoms. The molecule has 8 nitrogen and oxygen atoms in total. The van der Waals surface area contributed by atoms with Gasteiger partial charge >= 0.3 is 5.97 Å². The number of carbonyl (C=O) groups excluding carboxylic acids is 2. The molecule has 0 saturated heterocycles. The molecule has 2 aromatic carbocycles. The minimum atomic E-state index is -0.556. The van der Waals surface area contributed by atoms with Crippen molar-refractivity contribution < 1.29 is 23.8 Å². The molecule has 1 heterocycles. The van der Waals surface area contributed by atoms with E-state index in [4.69, 9.17) is 19.2 Å². The third-order valence-corrected chi connectivity index (χ3v) is 5.80. The number of nitrogens with one attached hydrogen (secondary N) is 2. The van der Waals surface area contributed by atoms with Crippen LogP contribution in [0.25, 0.3) is 0 Å². The quantitative estimate of drug-likeness (QED) is 0.513. The van der Waals surface area contributed by atoms with Crippen molar-refractivity contribution in [1.29, 1.82) is 0 Å². The first-order valence-corrected chi connectivity index (χ1v) is 12.0. The third-order valence-electron chi connectivity index (χ3n) is 4.91. The van der Waals surface area contributed by atoms with Crippen LogP contribution in [0.3, 0.4) is 0 Å². The lowest BCUT2D eigenvalue weighted by atomic mass is 9.96. The van der Waals surface area contributed by atoms with Gasteiger partial charge in [0.05, 0.1) is 31.6 Å². The predicted molar refractivity (Wildman–Crippen MR) is 134 cm³/mol. The van der Waals surface area contributed by atoms with Gasteiger partial charge in [0.15, 0.2) is 5.17 Å². The number of methoxy groups -OCH3 is 1. The lowest BCUT2D eigenvalue weighted by Crippen LogP contribution is -2.31. The number of amidine groups is 1. The van der Waals surface area contributed by atoms with Gasteiger partial charge in [-0.2, -0.15) is 0 Å². The summed E-state index contributed by atoms with van der Waals surface area (Å²) < 4.78 is 16.0. The molecule has 0 fully saturated rings. The molecule has 34 heavy (non-hydrogen) atoms. The van der Waals surface area contributed by atoms with Crippen LogP contribution in [0.2, 0.25) is 0 Å². The van der Waals surface area contributed by atoms with E-state index in [2.05, 4.69) is 10.6 Å². The van der Waals surface area contributed by atoms with E-state index in [1.54, 1.807) is 39.2 Å². The van der Waals surface area contributed by atoms with E-state index in [1.165, 1.54) is 11.8 Å². The monoisotopic (exact) mass is 483 g/mol. The maximum Gasteiger partial charge on any atom is 0.338 e. The summed E-state index contributed by atoms with van der Waals surface area (Å²) in [7, 11) is 1.57. The lowest BCUT2D eigenvalue weighted by molar-refractivity contribution is -0.139. The first kappa shape index (κ1) is 25.2. The van der Waals surface area contributed by atoms with Crippen LogP contribution in [0.5, 0.6) is 11.5 Å². The number of amides is 1. The second-order valence-corrected chi connectivity index (χ2v) is 8.26. The maximum absolute atomic E-state index is 12.7. The molecule has 1 aliphatic heterocycles. The third kappa shape index (κ3) is 6.54. The van der Waals surface area contributed by atoms with E-state index >= 15 is 0 Å². The van der Waals surface area contributed by atoms with Crippen LogP contribution >= 0.6 is 11.8 Å². The molecule has 0 unspecified atom stereocenters. The van der Waals surface area contributed by atoms with Crippen molar-refractivity contribution in [3.8, 4) is 11.5 Å². The molecule has 0 spiro atoms. The second kappa shape index (κ2) is 12.1.